The van der Waals surface area contributed by atoms with E-state index in [9.17, 15) is 9.59 Å². The Hall–Kier alpha value is -2.31. The third-order valence-electron chi connectivity index (χ3n) is 3.30. The molecule has 2 heterocycles. The van der Waals surface area contributed by atoms with Gasteiger partial charge in [-0.1, -0.05) is 19.1 Å². The molecule has 122 valence electrons. The van der Waals surface area contributed by atoms with Gasteiger partial charge >= 0.3 is 5.97 Å². The van der Waals surface area contributed by atoms with Gasteiger partial charge in [0.2, 0.25) is 5.78 Å². The van der Waals surface area contributed by atoms with Crippen LogP contribution in [0.5, 0.6) is 0 Å². The van der Waals surface area contributed by atoms with Crippen LogP contribution >= 0.6 is 22.7 Å². The number of Topliss-reactive ketones (excluding diaryl/α,β-unsaturated/α-hetero) is 1. The summed E-state index contributed by atoms with van der Waals surface area (Å²) in [6, 6.07) is 11.5. The number of aromatic nitrogens is 1. The first-order valence-electron chi connectivity index (χ1n) is 7.48. The molecule has 0 unspecified atom stereocenters. The normalized spacial score (nSPS) is 11.2. The molecule has 6 heteroatoms. The molecule has 0 saturated heterocycles. The molecule has 4 nitrogen and oxygen atoms in total. The lowest BCUT2D eigenvalue weighted by Gasteiger charge is -1.99. The predicted molar refractivity (Wildman–Crippen MR) is 97.6 cm³/mol. The number of benzene rings is 1. The van der Waals surface area contributed by atoms with Crippen molar-refractivity contribution in [2.45, 2.75) is 13.3 Å². The van der Waals surface area contributed by atoms with Crippen LogP contribution in [0.3, 0.4) is 0 Å². The average molecular weight is 357 g/mol. The van der Waals surface area contributed by atoms with E-state index in [0.29, 0.717) is 4.88 Å². The van der Waals surface area contributed by atoms with Gasteiger partial charge in [-0.25, -0.2) is 9.78 Å². The summed E-state index contributed by atoms with van der Waals surface area (Å²) >= 11 is 2.93. The van der Waals surface area contributed by atoms with Crippen LogP contribution in [-0.2, 0) is 16.0 Å². The van der Waals surface area contributed by atoms with E-state index in [1.54, 1.807) is 12.1 Å². The zero-order valence-electron chi connectivity index (χ0n) is 13.0. The van der Waals surface area contributed by atoms with Crippen LogP contribution in [-0.4, -0.2) is 23.3 Å². The molecule has 0 aliphatic carbocycles. The summed E-state index contributed by atoms with van der Waals surface area (Å²) in [5, 5.41) is 0.727. The second-order valence-corrected chi connectivity index (χ2v) is 7.23. The van der Waals surface area contributed by atoms with Crippen LogP contribution in [0.15, 0.2) is 42.5 Å². The first-order valence-corrected chi connectivity index (χ1v) is 9.11. The van der Waals surface area contributed by atoms with Crippen LogP contribution in [0.25, 0.3) is 16.3 Å². The molecule has 0 radical (unpaired) electrons. The predicted octanol–water partition coefficient (Wildman–Crippen LogP) is 4.36. The first kappa shape index (κ1) is 16.5. The second-order valence-electron chi connectivity index (χ2n) is 5.00. The molecule has 0 amide bonds. The third kappa shape index (κ3) is 3.96. The van der Waals surface area contributed by atoms with E-state index in [2.05, 4.69) is 4.98 Å². The Bertz CT molecular complexity index is 875. The number of thiazole rings is 1. The quantitative estimate of drug-likeness (QED) is 0.374. The van der Waals surface area contributed by atoms with E-state index in [4.69, 9.17) is 4.74 Å². The Morgan fingerprint density at radius 3 is 2.75 bits per heavy atom. The van der Waals surface area contributed by atoms with Gasteiger partial charge in [0.15, 0.2) is 6.61 Å². The Morgan fingerprint density at radius 2 is 2.00 bits per heavy atom. The van der Waals surface area contributed by atoms with Gasteiger partial charge in [0.1, 0.15) is 5.01 Å². The minimum absolute atomic E-state index is 0.179. The largest absolute Gasteiger partial charge is 0.454 e. The zero-order chi connectivity index (χ0) is 16.9. The topological polar surface area (TPSA) is 56.3 Å². The number of hydrogen-bond acceptors (Lipinski definition) is 6. The molecule has 3 aromatic rings. The lowest BCUT2D eigenvalue weighted by molar-refractivity contribution is -0.136. The summed E-state index contributed by atoms with van der Waals surface area (Å²) < 4.78 is 6.07. The monoisotopic (exact) mass is 357 g/mol. The van der Waals surface area contributed by atoms with Gasteiger partial charge in [-0.2, -0.15) is 0 Å². The highest BCUT2D eigenvalue weighted by Crippen LogP contribution is 2.22. The molecular formula is C18H15NO3S2. The highest BCUT2D eigenvalue weighted by molar-refractivity contribution is 7.19. The number of aryl methyl sites for hydroxylation is 1. The smallest absolute Gasteiger partial charge is 0.331 e. The second kappa shape index (κ2) is 7.51. The lowest BCUT2D eigenvalue weighted by atomic mass is 10.3. The summed E-state index contributed by atoms with van der Waals surface area (Å²) in [4.78, 5) is 29.9. The number of thiophene rings is 1. The maximum absolute atomic E-state index is 12.0. The number of para-hydroxylation sites is 1. The minimum Gasteiger partial charge on any atom is -0.454 e. The summed E-state index contributed by atoms with van der Waals surface area (Å²) in [6.07, 6.45) is 3.80. The molecule has 3 rings (SSSR count). The van der Waals surface area contributed by atoms with E-state index >= 15 is 0 Å². The highest BCUT2D eigenvalue weighted by Gasteiger charge is 2.11. The van der Waals surface area contributed by atoms with Gasteiger partial charge in [-0.15, -0.1) is 22.7 Å². The molecular weight excluding hydrogens is 342 g/mol. The fourth-order valence-corrected chi connectivity index (χ4v) is 3.82. The van der Waals surface area contributed by atoms with Crippen molar-refractivity contribution >= 4 is 50.7 Å². The molecule has 2 aromatic heterocycles. The molecule has 0 spiro atoms. The van der Waals surface area contributed by atoms with Crippen molar-refractivity contribution in [1.29, 1.82) is 0 Å². The summed E-state index contributed by atoms with van der Waals surface area (Å²) in [6.45, 7) is 1.79. The van der Waals surface area contributed by atoms with Gasteiger partial charge in [0, 0.05) is 11.0 Å². The Labute approximate surface area is 147 Å². The van der Waals surface area contributed by atoms with Gasteiger partial charge in [0.25, 0.3) is 0 Å². The van der Waals surface area contributed by atoms with E-state index in [1.807, 2.05) is 37.3 Å². The number of fused-ring (bicyclic) bond motifs is 1. The SMILES string of the molecule is CCc1ccc(C(=O)COC(=O)/C=C/c2nc3ccccc3s2)s1. The van der Waals surface area contributed by atoms with E-state index in [-0.39, 0.29) is 12.4 Å². The Balaban J connectivity index is 1.56. The molecule has 0 atom stereocenters. The molecule has 0 aliphatic rings. The number of carbonyl (C=O) groups is 2. The van der Waals surface area contributed by atoms with Crippen molar-refractivity contribution in [3.05, 3.63) is 57.2 Å². The fraction of sp³-hybridized carbons (Fsp3) is 0.167. The van der Waals surface area contributed by atoms with Crippen molar-refractivity contribution in [2.24, 2.45) is 0 Å². The molecule has 1 aromatic carbocycles. The molecule has 24 heavy (non-hydrogen) atoms. The number of ketones is 1. The van der Waals surface area contributed by atoms with Gasteiger partial charge < -0.3 is 4.74 Å². The highest BCUT2D eigenvalue weighted by atomic mass is 32.1. The number of ether oxygens (including phenoxy) is 1. The van der Waals surface area contributed by atoms with Crippen LogP contribution in [0.4, 0.5) is 0 Å². The van der Waals surface area contributed by atoms with Crippen molar-refractivity contribution in [3.63, 3.8) is 0 Å². The van der Waals surface area contributed by atoms with Crippen LogP contribution in [0.2, 0.25) is 0 Å². The summed E-state index contributed by atoms with van der Waals surface area (Å²) in [7, 11) is 0. The van der Waals surface area contributed by atoms with Gasteiger partial charge in [-0.05, 0) is 36.8 Å². The molecule has 0 bridgehead atoms. The van der Waals surface area contributed by atoms with Crippen molar-refractivity contribution in [1.82, 2.24) is 4.98 Å². The Kier molecular flexibility index (Phi) is 5.17. The van der Waals surface area contributed by atoms with Crippen LogP contribution < -0.4 is 0 Å². The fourth-order valence-electron chi connectivity index (χ4n) is 2.07. The molecule has 0 aliphatic heterocycles. The number of nitrogens with zero attached hydrogens (tertiary/aromatic N) is 1. The third-order valence-corrected chi connectivity index (χ3v) is 5.58. The van der Waals surface area contributed by atoms with Gasteiger partial charge in [0.05, 0.1) is 15.1 Å². The molecule has 0 N–H and O–H groups in total. The minimum atomic E-state index is -0.546. The molecule has 0 fully saturated rings. The van der Waals surface area contributed by atoms with Gasteiger partial charge in [-0.3, -0.25) is 4.79 Å². The van der Waals surface area contributed by atoms with Crippen molar-refractivity contribution in [2.75, 3.05) is 6.61 Å². The van der Waals surface area contributed by atoms with E-state index in [0.717, 1.165) is 26.5 Å². The summed E-state index contributed by atoms with van der Waals surface area (Å²) in [5.41, 5.74) is 0.898. The summed E-state index contributed by atoms with van der Waals surface area (Å²) in [5.74, 6) is -0.726. The zero-order valence-corrected chi connectivity index (χ0v) is 14.7. The number of hydrogen-bond donors (Lipinski definition) is 0. The first-order chi connectivity index (χ1) is 11.7. The van der Waals surface area contributed by atoms with Crippen molar-refractivity contribution < 1.29 is 14.3 Å². The standard InChI is InChI=1S/C18H15NO3S2/c1-2-12-7-8-16(23-12)14(20)11-22-18(21)10-9-17-19-13-5-3-4-6-15(13)24-17/h3-10H,2,11H2,1H3/b10-9+. The van der Waals surface area contributed by atoms with Crippen molar-refractivity contribution in [3.8, 4) is 0 Å². The number of carbonyl (C=O) groups excluding carboxylic acids is 2. The van der Waals surface area contributed by atoms with E-state index < -0.39 is 5.97 Å². The van der Waals surface area contributed by atoms with Crippen LogP contribution in [0, 0.1) is 0 Å². The van der Waals surface area contributed by atoms with Crippen LogP contribution in [0.1, 0.15) is 26.5 Å². The average Bonchev–Trinajstić information content (AvgIpc) is 3.23. The molecule has 0 saturated carbocycles. The maximum atomic E-state index is 12.0. The number of esters is 1. The maximum Gasteiger partial charge on any atom is 0.331 e. The number of rotatable bonds is 6. The van der Waals surface area contributed by atoms with E-state index in [1.165, 1.54) is 28.7 Å². The lowest BCUT2D eigenvalue weighted by Crippen LogP contribution is -2.11. The Morgan fingerprint density at radius 1 is 1.17 bits per heavy atom.